The lowest BCUT2D eigenvalue weighted by Crippen LogP contribution is -2.41. The Hall–Kier alpha value is -0.610. The molecule has 1 N–H and O–H groups in total. The lowest BCUT2D eigenvalue weighted by Gasteiger charge is -2.32. The summed E-state index contributed by atoms with van der Waals surface area (Å²) in [5.74, 6) is 0.957. The molecule has 1 aliphatic rings. The summed E-state index contributed by atoms with van der Waals surface area (Å²) in [6.45, 7) is 7.82. The average molecular weight is 312 g/mol. The maximum absolute atomic E-state index is 4.38. The standard InChI is InChI=1S/C14H22BrN3/c1-11-6-7-16-14(13(11)15)17-10-12(2)18-8-4-3-5-9-18/h6-7,12H,3-5,8-10H2,1-2H3,(H,16,17). The van der Waals surface area contributed by atoms with Crippen LogP contribution in [0.5, 0.6) is 0 Å². The molecule has 18 heavy (non-hydrogen) atoms. The van der Waals surface area contributed by atoms with Crippen LogP contribution in [0.2, 0.25) is 0 Å². The molecule has 0 radical (unpaired) electrons. The van der Waals surface area contributed by atoms with Crippen LogP contribution in [0.1, 0.15) is 31.7 Å². The zero-order chi connectivity index (χ0) is 13.0. The Morgan fingerprint density at radius 2 is 2.11 bits per heavy atom. The first-order chi connectivity index (χ1) is 8.68. The Morgan fingerprint density at radius 1 is 1.39 bits per heavy atom. The molecule has 2 heterocycles. The molecule has 0 aliphatic carbocycles. The number of aromatic nitrogens is 1. The second kappa shape index (κ2) is 6.53. The summed E-state index contributed by atoms with van der Waals surface area (Å²) in [5.41, 5.74) is 1.22. The third-order valence-corrected chi connectivity index (χ3v) is 4.66. The number of piperidine rings is 1. The van der Waals surface area contributed by atoms with Crippen LogP contribution in [0, 0.1) is 6.92 Å². The van der Waals surface area contributed by atoms with Gasteiger partial charge in [0.05, 0.1) is 4.47 Å². The molecule has 1 fully saturated rings. The molecular formula is C14H22BrN3. The van der Waals surface area contributed by atoms with Gasteiger partial charge in [-0.05, 0) is 67.3 Å². The third-order valence-electron chi connectivity index (χ3n) is 3.66. The van der Waals surface area contributed by atoms with Crippen LogP contribution in [0.15, 0.2) is 16.7 Å². The minimum atomic E-state index is 0.569. The van der Waals surface area contributed by atoms with E-state index >= 15 is 0 Å². The Morgan fingerprint density at radius 3 is 2.83 bits per heavy atom. The summed E-state index contributed by atoms with van der Waals surface area (Å²) < 4.78 is 1.08. The van der Waals surface area contributed by atoms with Crippen molar-refractivity contribution in [1.82, 2.24) is 9.88 Å². The number of hydrogen-bond donors (Lipinski definition) is 1. The number of hydrogen-bond acceptors (Lipinski definition) is 3. The van der Waals surface area contributed by atoms with Crippen LogP contribution in [0.25, 0.3) is 0 Å². The Labute approximate surface area is 118 Å². The van der Waals surface area contributed by atoms with Gasteiger partial charge in [-0.15, -0.1) is 0 Å². The molecule has 0 amide bonds. The number of pyridine rings is 1. The normalized spacial score (nSPS) is 18.6. The fourth-order valence-electron chi connectivity index (χ4n) is 2.40. The highest BCUT2D eigenvalue weighted by Crippen LogP contribution is 2.23. The van der Waals surface area contributed by atoms with Gasteiger partial charge in [0.2, 0.25) is 0 Å². The van der Waals surface area contributed by atoms with Gasteiger partial charge in [0, 0.05) is 18.8 Å². The van der Waals surface area contributed by atoms with E-state index in [4.69, 9.17) is 0 Å². The Kier molecular flexibility index (Phi) is 5.01. The molecule has 1 aliphatic heterocycles. The summed E-state index contributed by atoms with van der Waals surface area (Å²) in [4.78, 5) is 6.95. The zero-order valence-corrected chi connectivity index (χ0v) is 12.8. The molecule has 0 saturated carbocycles. The molecule has 1 saturated heterocycles. The van der Waals surface area contributed by atoms with E-state index in [2.05, 4.69) is 45.0 Å². The van der Waals surface area contributed by atoms with Crippen molar-refractivity contribution in [3.63, 3.8) is 0 Å². The Bertz CT molecular complexity index is 389. The number of nitrogens with zero attached hydrogens (tertiary/aromatic N) is 2. The van der Waals surface area contributed by atoms with E-state index < -0.39 is 0 Å². The van der Waals surface area contributed by atoms with Crippen molar-refractivity contribution >= 4 is 21.7 Å². The molecule has 1 aromatic rings. The molecule has 1 unspecified atom stereocenters. The molecular weight excluding hydrogens is 290 g/mol. The van der Waals surface area contributed by atoms with E-state index in [1.165, 1.54) is 37.9 Å². The van der Waals surface area contributed by atoms with Crippen molar-refractivity contribution in [3.05, 3.63) is 22.3 Å². The fourth-order valence-corrected chi connectivity index (χ4v) is 2.77. The molecule has 1 aromatic heterocycles. The summed E-state index contributed by atoms with van der Waals surface area (Å²) >= 11 is 3.59. The number of nitrogens with one attached hydrogen (secondary N) is 1. The van der Waals surface area contributed by atoms with Gasteiger partial charge in [0.1, 0.15) is 5.82 Å². The highest BCUT2D eigenvalue weighted by atomic mass is 79.9. The van der Waals surface area contributed by atoms with Crippen LogP contribution in [-0.2, 0) is 0 Å². The first-order valence-corrected chi connectivity index (χ1v) is 7.57. The average Bonchev–Trinajstić information content (AvgIpc) is 2.41. The van der Waals surface area contributed by atoms with Crippen molar-refractivity contribution in [2.75, 3.05) is 25.0 Å². The first-order valence-electron chi connectivity index (χ1n) is 6.77. The summed E-state index contributed by atoms with van der Waals surface area (Å²) in [5, 5.41) is 3.45. The van der Waals surface area contributed by atoms with E-state index in [1.54, 1.807) is 0 Å². The predicted molar refractivity (Wildman–Crippen MR) is 80.0 cm³/mol. The number of likely N-dealkylation sites (tertiary alicyclic amines) is 1. The fraction of sp³-hybridized carbons (Fsp3) is 0.643. The van der Waals surface area contributed by atoms with Gasteiger partial charge in [0.15, 0.2) is 0 Å². The quantitative estimate of drug-likeness (QED) is 0.923. The number of rotatable bonds is 4. The van der Waals surface area contributed by atoms with Crippen LogP contribution in [0.3, 0.4) is 0 Å². The van der Waals surface area contributed by atoms with Crippen molar-refractivity contribution < 1.29 is 0 Å². The largest absolute Gasteiger partial charge is 0.368 e. The van der Waals surface area contributed by atoms with Crippen molar-refractivity contribution in [2.24, 2.45) is 0 Å². The monoisotopic (exact) mass is 311 g/mol. The Balaban J connectivity index is 1.88. The summed E-state index contributed by atoms with van der Waals surface area (Å²) in [7, 11) is 0. The van der Waals surface area contributed by atoms with Gasteiger partial charge < -0.3 is 5.32 Å². The van der Waals surface area contributed by atoms with Gasteiger partial charge in [-0.25, -0.2) is 4.98 Å². The molecule has 100 valence electrons. The molecule has 3 nitrogen and oxygen atoms in total. The zero-order valence-electron chi connectivity index (χ0n) is 11.2. The van der Waals surface area contributed by atoms with Gasteiger partial charge >= 0.3 is 0 Å². The maximum atomic E-state index is 4.38. The van der Waals surface area contributed by atoms with E-state index in [0.717, 1.165) is 16.8 Å². The highest BCUT2D eigenvalue weighted by molar-refractivity contribution is 9.10. The molecule has 0 aromatic carbocycles. The van der Waals surface area contributed by atoms with E-state index in [-0.39, 0.29) is 0 Å². The van der Waals surface area contributed by atoms with E-state index in [1.807, 2.05) is 12.3 Å². The minimum absolute atomic E-state index is 0.569. The van der Waals surface area contributed by atoms with Crippen LogP contribution in [-0.4, -0.2) is 35.6 Å². The minimum Gasteiger partial charge on any atom is -0.368 e. The highest BCUT2D eigenvalue weighted by Gasteiger charge is 2.16. The van der Waals surface area contributed by atoms with Crippen LogP contribution in [0.4, 0.5) is 5.82 Å². The second-order valence-corrected chi connectivity index (χ2v) is 5.91. The van der Waals surface area contributed by atoms with Crippen LogP contribution < -0.4 is 5.32 Å². The lowest BCUT2D eigenvalue weighted by molar-refractivity contribution is 0.180. The third kappa shape index (κ3) is 3.45. The van der Waals surface area contributed by atoms with Crippen molar-refractivity contribution in [2.45, 2.75) is 39.2 Å². The molecule has 1 atom stereocenters. The smallest absolute Gasteiger partial charge is 0.140 e. The predicted octanol–water partition coefficient (Wildman–Crippen LogP) is 3.44. The van der Waals surface area contributed by atoms with E-state index in [0.29, 0.717) is 6.04 Å². The second-order valence-electron chi connectivity index (χ2n) is 5.12. The van der Waals surface area contributed by atoms with E-state index in [9.17, 15) is 0 Å². The van der Waals surface area contributed by atoms with Crippen molar-refractivity contribution in [3.8, 4) is 0 Å². The number of anilines is 1. The summed E-state index contributed by atoms with van der Waals surface area (Å²) in [6.07, 6.45) is 5.93. The number of halogens is 1. The lowest BCUT2D eigenvalue weighted by atomic mass is 10.1. The van der Waals surface area contributed by atoms with Crippen LogP contribution >= 0.6 is 15.9 Å². The van der Waals surface area contributed by atoms with Gasteiger partial charge in [-0.3, -0.25) is 4.90 Å². The molecule has 0 spiro atoms. The molecule has 0 bridgehead atoms. The number of aryl methyl sites for hydroxylation is 1. The first kappa shape index (κ1) is 13.8. The van der Waals surface area contributed by atoms with Gasteiger partial charge in [-0.2, -0.15) is 0 Å². The maximum Gasteiger partial charge on any atom is 0.140 e. The molecule has 2 rings (SSSR count). The van der Waals surface area contributed by atoms with Crippen molar-refractivity contribution in [1.29, 1.82) is 0 Å². The SMILES string of the molecule is Cc1ccnc(NCC(C)N2CCCCC2)c1Br. The topological polar surface area (TPSA) is 28.2 Å². The van der Waals surface area contributed by atoms with Gasteiger partial charge in [-0.1, -0.05) is 6.42 Å². The van der Waals surface area contributed by atoms with Gasteiger partial charge in [0.25, 0.3) is 0 Å². The summed E-state index contributed by atoms with van der Waals surface area (Å²) in [6, 6.07) is 2.59. The molecule has 4 heteroatoms.